The quantitative estimate of drug-likeness (QED) is 0.719. The summed E-state index contributed by atoms with van der Waals surface area (Å²) in [7, 11) is 1.39. The van der Waals surface area contributed by atoms with E-state index >= 15 is 0 Å². The smallest absolute Gasteiger partial charge is 0.326 e. The van der Waals surface area contributed by atoms with Gasteiger partial charge in [0.2, 0.25) is 0 Å². The van der Waals surface area contributed by atoms with Crippen molar-refractivity contribution < 1.29 is 9.53 Å². The van der Waals surface area contributed by atoms with E-state index < -0.39 is 5.54 Å². The Labute approximate surface area is 109 Å². The summed E-state index contributed by atoms with van der Waals surface area (Å²) in [6, 6.07) is 0.654. The Balaban J connectivity index is 1.83. The number of likely N-dealkylation sites (tertiary alicyclic amines) is 2. The minimum atomic E-state index is -0.894. The summed E-state index contributed by atoms with van der Waals surface area (Å²) >= 11 is 0. The molecule has 2 saturated heterocycles. The van der Waals surface area contributed by atoms with Gasteiger partial charge >= 0.3 is 5.97 Å². The topological polar surface area (TPSA) is 58.8 Å². The minimum Gasteiger partial charge on any atom is -0.468 e. The minimum absolute atomic E-state index is 0.327. The van der Waals surface area contributed by atoms with Gasteiger partial charge in [-0.15, -0.1) is 0 Å². The fraction of sp³-hybridized carbons (Fsp3) is 0.923. The Kier molecular flexibility index (Phi) is 4.25. The van der Waals surface area contributed by atoms with E-state index in [1.54, 1.807) is 6.92 Å². The van der Waals surface area contributed by atoms with E-state index in [-0.39, 0.29) is 5.97 Å². The molecule has 2 unspecified atom stereocenters. The molecule has 0 aromatic carbocycles. The summed E-state index contributed by atoms with van der Waals surface area (Å²) in [5.41, 5.74) is 5.13. The highest BCUT2D eigenvalue weighted by Gasteiger charge is 2.36. The number of hydrogen-bond acceptors (Lipinski definition) is 5. The van der Waals surface area contributed by atoms with Crippen molar-refractivity contribution in [2.24, 2.45) is 5.73 Å². The third-order valence-corrected chi connectivity index (χ3v) is 4.11. The second kappa shape index (κ2) is 5.55. The van der Waals surface area contributed by atoms with E-state index in [1.807, 2.05) is 0 Å². The molecule has 0 spiro atoms. The molecule has 5 nitrogen and oxygen atoms in total. The highest BCUT2D eigenvalue weighted by atomic mass is 16.5. The van der Waals surface area contributed by atoms with Gasteiger partial charge < -0.3 is 10.5 Å². The average molecular weight is 255 g/mol. The van der Waals surface area contributed by atoms with Gasteiger partial charge in [0, 0.05) is 19.1 Å². The molecule has 2 aliphatic heterocycles. The van der Waals surface area contributed by atoms with Crippen LogP contribution in [0.25, 0.3) is 0 Å². The molecule has 2 rings (SSSR count). The first-order valence-corrected chi connectivity index (χ1v) is 6.86. The maximum absolute atomic E-state index is 11.6. The number of hydrogen-bond donors (Lipinski definition) is 1. The zero-order valence-corrected chi connectivity index (χ0v) is 11.5. The van der Waals surface area contributed by atoms with Crippen molar-refractivity contribution >= 4 is 5.97 Å². The van der Waals surface area contributed by atoms with Gasteiger partial charge in [0.25, 0.3) is 0 Å². The van der Waals surface area contributed by atoms with E-state index in [0.29, 0.717) is 12.6 Å². The first kappa shape index (κ1) is 13.8. The van der Waals surface area contributed by atoms with Crippen LogP contribution in [-0.2, 0) is 9.53 Å². The lowest BCUT2D eigenvalue weighted by Gasteiger charge is -2.28. The Hall–Kier alpha value is -0.650. The molecule has 0 bridgehead atoms. The number of carbonyl (C=O) groups is 1. The van der Waals surface area contributed by atoms with Crippen LogP contribution >= 0.6 is 0 Å². The van der Waals surface area contributed by atoms with E-state index in [4.69, 9.17) is 10.5 Å². The van der Waals surface area contributed by atoms with Crippen molar-refractivity contribution in [2.45, 2.75) is 37.8 Å². The predicted octanol–water partition coefficient (Wildman–Crippen LogP) is 0.0469. The summed E-state index contributed by atoms with van der Waals surface area (Å²) in [5, 5.41) is 0. The monoisotopic (exact) mass is 255 g/mol. The summed E-state index contributed by atoms with van der Waals surface area (Å²) in [6.07, 6.45) is 3.85. The molecule has 2 aliphatic rings. The standard InChI is InChI=1S/C13H25N3O2/c1-13(14,12(17)18-2)10-15-8-5-11(9-15)16-6-3-4-7-16/h11H,3-10,14H2,1-2H3. The van der Waals surface area contributed by atoms with Crippen LogP contribution in [0.4, 0.5) is 0 Å². The van der Waals surface area contributed by atoms with Crippen LogP contribution < -0.4 is 5.73 Å². The Bertz CT molecular complexity index is 301. The van der Waals surface area contributed by atoms with Crippen molar-refractivity contribution in [3.05, 3.63) is 0 Å². The molecule has 0 amide bonds. The van der Waals surface area contributed by atoms with Gasteiger partial charge in [0.05, 0.1) is 7.11 Å². The summed E-state index contributed by atoms with van der Waals surface area (Å²) in [6.45, 7) is 6.87. The van der Waals surface area contributed by atoms with Gasteiger partial charge in [-0.2, -0.15) is 0 Å². The molecule has 0 saturated carbocycles. The van der Waals surface area contributed by atoms with Gasteiger partial charge in [-0.25, -0.2) is 0 Å². The van der Waals surface area contributed by atoms with Gasteiger partial charge in [-0.05, 0) is 45.8 Å². The van der Waals surface area contributed by atoms with Crippen molar-refractivity contribution in [1.29, 1.82) is 0 Å². The number of nitrogens with two attached hydrogens (primary N) is 1. The zero-order chi connectivity index (χ0) is 13.2. The third kappa shape index (κ3) is 3.02. The lowest BCUT2D eigenvalue weighted by atomic mass is 10.0. The number of methoxy groups -OCH3 is 1. The molecule has 2 atom stereocenters. The summed E-state index contributed by atoms with van der Waals surface area (Å²) in [4.78, 5) is 16.4. The van der Waals surface area contributed by atoms with E-state index in [0.717, 1.165) is 13.1 Å². The molecule has 2 heterocycles. The molecule has 104 valence electrons. The van der Waals surface area contributed by atoms with Crippen LogP contribution in [0.1, 0.15) is 26.2 Å². The number of carbonyl (C=O) groups excluding carboxylic acids is 1. The largest absolute Gasteiger partial charge is 0.468 e. The molecule has 0 radical (unpaired) electrons. The number of ether oxygens (including phenoxy) is 1. The fourth-order valence-corrected chi connectivity index (χ4v) is 3.12. The van der Waals surface area contributed by atoms with E-state index in [9.17, 15) is 4.79 Å². The predicted molar refractivity (Wildman–Crippen MR) is 70.3 cm³/mol. The van der Waals surface area contributed by atoms with Crippen LogP contribution in [0.15, 0.2) is 0 Å². The summed E-state index contributed by atoms with van der Waals surface area (Å²) in [5.74, 6) is -0.327. The van der Waals surface area contributed by atoms with Crippen LogP contribution in [0.5, 0.6) is 0 Å². The zero-order valence-electron chi connectivity index (χ0n) is 11.5. The second-order valence-electron chi connectivity index (χ2n) is 5.83. The molecule has 0 aliphatic carbocycles. The average Bonchev–Trinajstić information content (AvgIpc) is 2.97. The molecular formula is C13H25N3O2. The molecule has 5 heteroatoms. The van der Waals surface area contributed by atoms with Gasteiger partial charge in [0.15, 0.2) is 0 Å². The normalized spacial score (nSPS) is 29.4. The third-order valence-electron chi connectivity index (χ3n) is 4.11. The SMILES string of the molecule is COC(=O)C(C)(N)CN1CCC(N2CCCC2)C1. The molecule has 18 heavy (non-hydrogen) atoms. The van der Waals surface area contributed by atoms with Crippen molar-refractivity contribution in [3.63, 3.8) is 0 Å². The maximum Gasteiger partial charge on any atom is 0.326 e. The van der Waals surface area contributed by atoms with Crippen molar-refractivity contribution in [2.75, 3.05) is 39.8 Å². The highest BCUT2D eigenvalue weighted by molar-refractivity contribution is 5.80. The first-order chi connectivity index (χ1) is 8.53. The van der Waals surface area contributed by atoms with Crippen LogP contribution in [0, 0.1) is 0 Å². The Morgan fingerprint density at radius 3 is 2.67 bits per heavy atom. The number of rotatable bonds is 4. The van der Waals surface area contributed by atoms with Gasteiger partial charge in [-0.3, -0.25) is 14.6 Å². The molecule has 2 fully saturated rings. The Morgan fingerprint density at radius 2 is 2.06 bits per heavy atom. The van der Waals surface area contributed by atoms with Crippen LogP contribution in [-0.4, -0.2) is 67.2 Å². The van der Waals surface area contributed by atoms with Crippen molar-refractivity contribution in [3.8, 4) is 0 Å². The number of esters is 1. The molecule has 2 N–H and O–H groups in total. The van der Waals surface area contributed by atoms with Crippen molar-refractivity contribution in [1.82, 2.24) is 9.80 Å². The highest BCUT2D eigenvalue weighted by Crippen LogP contribution is 2.21. The van der Waals surface area contributed by atoms with Crippen LogP contribution in [0.3, 0.4) is 0 Å². The summed E-state index contributed by atoms with van der Waals surface area (Å²) < 4.78 is 4.75. The first-order valence-electron chi connectivity index (χ1n) is 6.86. The lowest BCUT2D eigenvalue weighted by molar-refractivity contribution is -0.147. The van der Waals surface area contributed by atoms with Gasteiger partial charge in [-0.1, -0.05) is 0 Å². The van der Waals surface area contributed by atoms with Crippen LogP contribution in [0.2, 0.25) is 0 Å². The fourth-order valence-electron chi connectivity index (χ4n) is 3.12. The maximum atomic E-state index is 11.6. The van der Waals surface area contributed by atoms with Gasteiger partial charge in [0.1, 0.15) is 5.54 Å². The molecular weight excluding hydrogens is 230 g/mol. The second-order valence-corrected chi connectivity index (χ2v) is 5.83. The van der Waals surface area contributed by atoms with E-state index in [1.165, 1.54) is 39.5 Å². The molecule has 0 aromatic heterocycles. The molecule has 0 aromatic rings. The lowest BCUT2D eigenvalue weighted by Crippen LogP contribution is -2.54. The Morgan fingerprint density at radius 1 is 1.39 bits per heavy atom. The van der Waals surface area contributed by atoms with E-state index in [2.05, 4.69) is 9.80 Å². The number of nitrogens with zero attached hydrogens (tertiary/aromatic N) is 2.